The monoisotopic (exact) mass is 437 g/mol. The molecular formula is C27H23N3O3. The summed E-state index contributed by atoms with van der Waals surface area (Å²) in [7, 11) is 0. The molecule has 0 aliphatic carbocycles. The van der Waals surface area contributed by atoms with Gasteiger partial charge in [0.05, 0.1) is 11.4 Å². The lowest BCUT2D eigenvalue weighted by atomic mass is 9.90. The third kappa shape index (κ3) is 4.36. The molecule has 1 atom stereocenters. The highest BCUT2D eigenvalue weighted by Crippen LogP contribution is 2.38. The molecule has 4 rings (SSSR count). The number of carbonyl (C=O) groups is 3. The van der Waals surface area contributed by atoms with Crippen LogP contribution in [0.1, 0.15) is 25.1 Å². The van der Waals surface area contributed by atoms with Crippen molar-refractivity contribution >= 4 is 40.6 Å². The second-order valence-corrected chi connectivity index (χ2v) is 7.61. The summed E-state index contributed by atoms with van der Waals surface area (Å²) >= 11 is 0. The summed E-state index contributed by atoms with van der Waals surface area (Å²) in [6.07, 6.45) is 6.38. The largest absolute Gasteiger partial charge is 0.333 e. The first-order chi connectivity index (χ1) is 16.0. The Kier molecular flexibility index (Phi) is 6.26. The second-order valence-electron chi connectivity index (χ2n) is 7.61. The van der Waals surface area contributed by atoms with Crippen LogP contribution in [0.15, 0.2) is 91.3 Å². The van der Waals surface area contributed by atoms with Crippen LogP contribution in [0, 0.1) is 0 Å². The molecule has 1 aliphatic heterocycles. The van der Waals surface area contributed by atoms with E-state index in [1.165, 1.54) is 13.8 Å². The molecule has 0 radical (unpaired) electrons. The van der Waals surface area contributed by atoms with Crippen LogP contribution in [0.2, 0.25) is 0 Å². The third-order valence-electron chi connectivity index (χ3n) is 5.44. The van der Waals surface area contributed by atoms with Crippen molar-refractivity contribution in [1.29, 1.82) is 0 Å². The minimum absolute atomic E-state index is 0.394. The summed E-state index contributed by atoms with van der Waals surface area (Å²) in [5.41, 5.74) is 4.11. The molecule has 2 aromatic carbocycles. The lowest BCUT2D eigenvalue weighted by molar-refractivity contribution is -0.124. The van der Waals surface area contributed by atoms with Crippen LogP contribution >= 0.6 is 0 Å². The number of amides is 2. The molecule has 6 heteroatoms. The predicted molar refractivity (Wildman–Crippen MR) is 129 cm³/mol. The maximum Gasteiger partial charge on any atom is 0.230 e. The first kappa shape index (κ1) is 21.9. The van der Waals surface area contributed by atoms with E-state index in [1.807, 2.05) is 77.8 Å². The summed E-state index contributed by atoms with van der Waals surface area (Å²) in [6.45, 7) is 2.69. The number of imide groups is 1. The van der Waals surface area contributed by atoms with Gasteiger partial charge in [-0.1, -0.05) is 42.5 Å². The number of nitrogens with zero attached hydrogens (tertiary/aromatic N) is 3. The van der Waals surface area contributed by atoms with Crippen molar-refractivity contribution in [2.24, 2.45) is 0 Å². The fourth-order valence-electron chi connectivity index (χ4n) is 4.03. The van der Waals surface area contributed by atoms with Gasteiger partial charge < -0.3 is 9.69 Å². The van der Waals surface area contributed by atoms with Crippen molar-refractivity contribution in [3.8, 4) is 0 Å². The Balaban J connectivity index is 1.94. The minimum Gasteiger partial charge on any atom is -0.333 e. The number of allylic oxidation sites excluding steroid dienone is 2. The number of rotatable bonds is 5. The van der Waals surface area contributed by atoms with E-state index in [0.29, 0.717) is 16.8 Å². The quantitative estimate of drug-likeness (QED) is 0.550. The van der Waals surface area contributed by atoms with E-state index >= 15 is 0 Å². The van der Waals surface area contributed by atoms with Gasteiger partial charge in [-0.15, -0.1) is 0 Å². The van der Waals surface area contributed by atoms with Crippen LogP contribution < -0.4 is 9.80 Å². The Morgan fingerprint density at radius 1 is 0.909 bits per heavy atom. The molecule has 2 heterocycles. The van der Waals surface area contributed by atoms with E-state index in [2.05, 4.69) is 4.98 Å². The molecule has 1 aromatic heterocycles. The Bertz CT molecular complexity index is 1240. The Morgan fingerprint density at radius 3 is 2.21 bits per heavy atom. The molecule has 0 spiro atoms. The molecule has 0 saturated carbocycles. The van der Waals surface area contributed by atoms with Crippen molar-refractivity contribution in [2.45, 2.75) is 19.9 Å². The minimum atomic E-state index is -0.665. The van der Waals surface area contributed by atoms with Crippen LogP contribution in [0.5, 0.6) is 0 Å². The van der Waals surface area contributed by atoms with E-state index in [1.54, 1.807) is 18.3 Å². The van der Waals surface area contributed by atoms with Crippen molar-refractivity contribution in [2.75, 3.05) is 9.80 Å². The summed E-state index contributed by atoms with van der Waals surface area (Å²) in [5, 5.41) is 0. The molecule has 6 nitrogen and oxygen atoms in total. The standard InChI is InChI=1S/C27H23N3O3/c1-19(32)30(20(2)33)26-14-7-6-12-23(26)24-16-21(25-13-8-9-15-28-25)17-29(27(24)18-31)22-10-4-3-5-11-22/h3-18,27H,1-2H3. The molecule has 1 aliphatic rings. The summed E-state index contributed by atoms with van der Waals surface area (Å²) in [4.78, 5) is 44.6. The average molecular weight is 437 g/mol. The molecule has 164 valence electrons. The van der Waals surface area contributed by atoms with Gasteiger partial charge in [-0.05, 0) is 42.0 Å². The number of benzene rings is 2. The Morgan fingerprint density at radius 2 is 1.58 bits per heavy atom. The summed E-state index contributed by atoms with van der Waals surface area (Å²) in [6, 6.07) is 21.7. The van der Waals surface area contributed by atoms with Gasteiger partial charge in [-0.2, -0.15) is 0 Å². The maximum absolute atomic E-state index is 12.4. The van der Waals surface area contributed by atoms with Crippen molar-refractivity contribution in [3.05, 3.63) is 103 Å². The van der Waals surface area contributed by atoms with Crippen LogP contribution in [0.25, 0.3) is 11.1 Å². The highest BCUT2D eigenvalue weighted by molar-refractivity contribution is 6.15. The smallest absolute Gasteiger partial charge is 0.230 e. The van der Waals surface area contributed by atoms with Gasteiger partial charge in [-0.3, -0.25) is 19.5 Å². The van der Waals surface area contributed by atoms with E-state index < -0.39 is 17.9 Å². The number of pyridine rings is 1. The maximum atomic E-state index is 12.4. The number of hydrogen-bond acceptors (Lipinski definition) is 5. The summed E-state index contributed by atoms with van der Waals surface area (Å²) in [5.74, 6) is -0.788. The normalized spacial score (nSPS) is 15.3. The lowest BCUT2D eigenvalue weighted by Gasteiger charge is -2.34. The zero-order valence-corrected chi connectivity index (χ0v) is 18.4. The number of aldehydes is 1. The van der Waals surface area contributed by atoms with Gasteiger partial charge >= 0.3 is 0 Å². The van der Waals surface area contributed by atoms with Gasteiger partial charge in [0.15, 0.2) is 0 Å². The van der Waals surface area contributed by atoms with Crippen LogP contribution in [-0.4, -0.2) is 29.1 Å². The summed E-state index contributed by atoms with van der Waals surface area (Å²) < 4.78 is 0. The van der Waals surface area contributed by atoms with Gasteiger partial charge in [0, 0.05) is 43.1 Å². The van der Waals surface area contributed by atoms with E-state index in [4.69, 9.17) is 0 Å². The lowest BCUT2D eigenvalue weighted by Crippen LogP contribution is -2.37. The number of carbonyl (C=O) groups excluding carboxylic acids is 3. The first-order valence-electron chi connectivity index (χ1n) is 10.6. The molecule has 0 N–H and O–H groups in total. The molecule has 2 amide bonds. The molecule has 3 aromatic rings. The molecule has 0 saturated heterocycles. The van der Waals surface area contributed by atoms with Crippen LogP contribution in [0.3, 0.4) is 0 Å². The Labute approximate surface area is 192 Å². The zero-order valence-electron chi connectivity index (χ0n) is 18.4. The molecule has 0 fully saturated rings. The average Bonchev–Trinajstić information content (AvgIpc) is 2.84. The van der Waals surface area contributed by atoms with Gasteiger partial charge in [0.25, 0.3) is 0 Å². The fourth-order valence-corrected chi connectivity index (χ4v) is 4.03. The number of para-hydroxylation sites is 2. The topological polar surface area (TPSA) is 70.6 Å². The van der Waals surface area contributed by atoms with Crippen molar-refractivity contribution in [3.63, 3.8) is 0 Å². The van der Waals surface area contributed by atoms with Gasteiger partial charge in [0.1, 0.15) is 12.3 Å². The highest BCUT2D eigenvalue weighted by Gasteiger charge is 2.30. The van der Waals surface area contributed by atoms with E-state index in [9.17, 15) is 14.4 Å². The van der Waals surface area contributed by atoms with Gasteiger partial charge in [-0.25, -0.2) is 0 Å². The van der Waals surface area contributed by atoms with Gasteiger partial charge in [0.2, 0.25) is 11.8 Å². The predicted octanol–water partition coefficient (Wildman–Crippen LogP) is 4.49. The number of hydrogen-bond donors (Lipinski definition) is 0. The molecule has 33 heavy (non-hydrogen) atoms. The van der Waals surface area contributed by atoms with E-state index in [0.717, 1.165) is 28.1 Å². The number of anilines is 2. The van der Waals surface area contributed by atoms with Crippen molar-refractivity contribution < 1.29 is 14.4 Å². The first-order valence-corrected chi connectivity index (χ1v) is 10.6. The molecule has 0 bridgehead atoms. The van der Waals surface area contributed by atoms with Crippen LogP contribution in [-0.2, 0) is 14.4 Å². The van der Waals surface area contributed by atoms with Crippen molar-refractivity contribution in [1.82, 2.24) is 4.98 Å². The molecular weight excluding hydrogens is 414 g/mol. The highest BCUT2D eigenvalue weighted by atomic mass is 16.2. The van der Waals surface area contributed by atoms with E-state index in [-0.39, 0.29) is 0 Å². The third-order valence-corrected chi connectivity index (χ3v) is 5.44. The SMILES string of the molecule is CC(=O)N(C(C)=O)c1ccccc1C1=CC(c2ccccn2)=CN(c2ccccc2)C1C=O. The fraction of sp³-hybridized carbons (Fsp3) is 0.111. The number of aromatic nitrogens is 1. The second kappa shape index (κ2) is 9.44. The Hall–Kier alpha value is -4.32. The zero-order chi connectivity index (χ0) is 23.4. The molecule has 1 unspecified atom stereocenters. The van der Waals surface area contributed by atoms with Crippen LogP contribution in [0.4, 0.5) is 11.4 Å².